The summed E-state index contributed by atoms with van der Waals surface area (Å²) < 4.78 is 4.90. The van der Waals surface area contributed by atoms with Crippen molar-refractivity contribution in [3.63, 3.8) is 0 Å². The predicted molar refractivity (Wildman–Crippen MR) is 86.8 cm³/mol. The number of benzene rings is 2. The smallest absolute Gasteiger partial charge is 0.338 e. The van der Waals surface area contributed by atoms with Crippen LogP contribution in [0.1, 0.15) is 10.4 Å². The molecule has 0 aromatic heterocycles. The Kier molecular flexibility index (Phi) is 5.66. The topological polar surface area (TPSA) is 55.4 Å². The van der Waals surface area contributed by atoms with E-state index >= 15 is 0 Å². The molecule has 0 atom stereocenters. The van der Waals surface area contributed by atoms with E-state index in [0.29, 0.717) is 26.3 Å². The number of hydrogen-bond acceptors (Lipinski definition) is 3. The molecule has 0 aliphatic heterocycles. The highest BCUT2D eigenvalue weighted by Crippen LogP contribution is 2.25. The lowest BCUT2D eigenvalue weighted by Crippen LogP contribution is -2.21. The Balaban J connectivity index is 1.89. The summed E-state index contributed by atoms with van der Waals surface area (Å²) in [6.07, 6.45) is 0. The van der Waals surface area contributed by atoms with Gasteiger partial charge < -0.3 is 10.1 Å². The Morgan fingerprint density at radius 1 is 0.955 bits per heavy atom. The van der Waals surface area contributed by atoms with Gasteiger partial charge in [0.15, 0.2) is 6.61 Å². The number of rotatable bonds is 4. The Morgan fingerprint density at radius 3 is 2.23 bits per heavy atom. The van der Waals surface area contributed by atoms with Gasteiger partial charge >= 0.3 is 5.97 Å². The average Bonchev–Trinajstić information content (AvgIpc) is 2.48. The molecule has 7 heteroatoms. The summed E-state index contributed by atoms with van der Waals surface area (Å²) in [6, 6.07) is 10.8. The van der Waals surface area contributed by atoms with E-state index in [4.69, 9.17) is 39.5 Å². The molecule has 0 aliphatic carbocycles. The fourth-order valence-corrected chi connectivity index (χ4v) is 2.16. The zero-order chi connectivity index (χ0) is 16.1. The van der Waals surface area contributed by atoms with Gasteiger partial charge in [-0.2, -0.15) is 0 Å². The van der Waals surface area contributed by atoms with Crippen molar-refractivity contribution < 1.29 is 14.3 Å². The molecule has 0 saturated heterocycles. The van der Waals surface area contributed by atoms with E-state index in [1.54, 1.807) is 24.3 Å². The molecule has 0 heterocycles. The van der Waals surface area contributed by atoms with Gasteiger partial charge in [0.1, 0.15) is 0 Å². The van der Waals surface area contributed by atoms with Gasteiger partial charge in [-0.1, -0.05) is 34.8 Å². The highest BCUT2D eigenvalue weighted by Gasteiger charge is 2.11. The van der Waals surface area contributed by atoms with Gasteiger partial charge in [-0.25, -0.2) is 4.79 Å². The molecule has 2 rings (SSSR count). The summed E-state index contributed by atoms with van der Waals surface area (Å²) in [5.74, 6) is -1.12. The molecule has 0 unspecified atom stereocenters. The average molecular weight is 359 g/mol. The molecule has 0 saturated carbocycles. The molecular weight excluding hydrogens is 349 g/mol. The van der Waals surface area contributed by atoms with Crippen LogP contribution in [-0.4, -0.2) is 18.5 Å². The molecule has 0 spiro atoms. The summed E-state index contributed by atoms with van der Waals surface area (Å²) in [5, 5.41) is 3.78. The molecule has 22 heavy (non-hydrogen) atoms. The number of carbonyl (C=O) groups is 2. The molecule has 0 radical (unpaired) electrons. The van der Waals surface area contributed by atoms with Crippen LogP contribution in [0.4, 0.5) is 5.69 Å². The van der Waals surface area contributed by atoms with Gasteiger partial charge in [-0.3, -0.25) is 4.79 Å². The van der Waals surface area contributed by atoms with Gasteiger partial charge in [-0.15, -0.1) is 0 Å². The molecule has 2 aromatic carbocycles. The third-order valence-corrected chi connectivity index (χ3v) is 3.42. The van der Waals surface area contributed by atoms with E-state index in [-0.39, 0.29) is 0 Å². The lowest BCUT2D eigenvalue weighted by Gasteiger charge is -2.08. The standard InChI is InChI=1S/C15H10Cl3NO3/c16-10-3-1-9(2-4-10)15(21)22-8-14(20)19-13-6-5-11(17)7-12(13)18/h1-7H,8H2,(H,19,20). The first-order chi connectivity index (χ1) is 10.5. The minimum atomic E-state index is -0.617. The lowest BCUT2D eigenvalue weighted by atomic mass is 10.2. The first-order valence-corrected chi connectivity index (χ1v) is 7.26. The largest absolute Gasteiger partial charge is 0.452 e. The second kappa shape index (κ2) is 7.49. The number of esters is 1. The Morgan fingerprint density at radius 2 is 1.59 bits per heavy atom. The molecule has 0 aliphatic rings. The highest BCUT2D eigenvalue weighted by molar-refractivity contribution is 6.36. The molecule has 1 N–H and O–H groups in total. The van der Waals surface area contributed by atoms with Gasteiger partial charge in [-0.05, 0) is 42.5 Å². The van der Waals surface area contributed by atoms with Crippen LogP contribution in [-0.2, 0) is 9.53 Å². The highest BCUT2D eigenvalue weighted by atomic mass is 35.5. The summed E-state index contributed by atoms with van der Waals surface area (Å²) in [4.78, 5) is 23.5. The third kappa shape index (κ3) is 4.63. The molecule has 4 nitrogen and oxygen atoms in total. The maximum Gasteiger partial charge on any atom is 0.338 e. The molecule has 0 fully saturated rings. The van der Waals surface area contributed by atoms with E-state index in [9.17, 15) is 9.59 Å². The van der Waals surface area contributed by atoms with E-state index in [1.807, 2.05) is 0 Å². The quantitative estimate of drug-likeness (QED) is 0.822. The van der Waals surface area contributed by atoms with Crippen molar-refractivity contribution in [2.24, 2.45) is 0 Å². The summed E-state index contributed by atoms with van der Waals surface area (Å²) >= 11 is 17.4. The van der Waals surface area contributed by atoms with Crippen LogP contribution >= 0.6 is 34.8 Å². The monoisotopic (exact) mass is 357 g/mol. The van der Waals surface area contributed by atoms with Crippen LogP contribution < -0.4 is 5.32 Å². The first-order valence-electron chi connectivity index (χ1n) is 6.13. The maximum absolute atomic E-state index is 11.7. The van der Waals surface area contributed by atoms with Crippen molar-refractivity contribution in [2.45, 2.75) is 0 Å². The third-order valence-electron chi connectivity index (χ3n) is 2.62. The zero-order valence-electron chi connectivity index (χ0n) is 11.1. The van der Waals surface area contributed by atoms with Gasteiger partial charge in [0.05, 0.1) is 16.3 Å². The predicted octanol–water partition coefficient (Wildman–Crippen LogP) is 4.44. The van der Waals surface area contributed by atoms with E-state index in [0.717, 1.165) is 0 Å². The minimum Gasteiger partial charge on any atom is -0.452 e. The van der Waals surface area contributed by atoms with E-state index in [1.165, 1.54) is 18.2 Å². The molecule has 2 aromatic rings. The van der Waals surface area contributed by atoms with Crippen LogP contribution in [0.15, 0.2) is 42.5 Å². The number of hydrogen-bond donors (Lipinski definition) is 1. The minimum absolute atomic E-state index is 0.296. The fraction of sp³-hybridized carbons (Fsp3) is 0.0667. The van der Waals surface area contributed by atoms with Gasteiger partial charge in [0, 0.05) is 10.0 Å². The second-order valence-electron chi connectivity index (χ2n) is 4.26. The van der Waals surface area contributed by atoms with Gasteiger partial charge in [0.25, 0.3) is 5.91 Å². The lowest BCUT2D eigenvalue weighted by molar-refractivity contribution is -0.119. The van der Waals surface area contributed by atoms with Crippen molar-refractivity contribution in [3.8, 4) is 0 Å². The Labute approximate surface area is 141 Å². The second-order valence-corrected chi connectivity index (χ2v) is 5.54. The maximum atomic E-state index is 11.7. The molecule has 1 amide bonds. The normalized spacial score (nSPS) is 10.1. The van der Waals surface area contributed by atoms with Crippen LogP contribution in [0.5, 0.6) is 0 Å². The number of amides is 1. The van der Waals surface area contributed by atoms with Gasteiger partial charge in [0.2, 0.25) is 0 Å². The van der Waals surface area contributed by atoms with Crippen LogP contribution in [0.3, 0.4) is 0 Å². The van der Waals surface area contributed by atoms with E-state index < -0.39 is 18.5 Å². The molecular formula is C15H10Cl3NO3. The number of nitrogens with one attached hydrogen (secondary N) is 1. The van der Waals surface area contributed by atoms with Crippen LogP contribution in [0.25, 0.3) is 0 Å². The van der Waals surface area contributed by atoms with Crippen molar-refractivity contribution in [1.82, 2.24) is 0 Å². The Bertz CT molecular complexity index is 702. The zero-order valence-corrected chi connectivity index (χ0v) is 13.4. The number of halogens is 3. The molecule has 114 valence electrons. The summed E-state index contributed by atoms with van der Waals surface area (Å²) in [5.41, 5.74) is 0.695. The van der Waals surface area contributed by atoms with E-state index in [2.05, 4.69) is 5.32 Å². The Hall–Kier alpha value is -1.75. The summed E-state index contributed by atoms with van der Waals surface area (Å²) in [6.45, 7) is -0.430. The number of ether oxygens (including phenoxy) is 1. The fourth-order valence-electron chi connectivity index (χ4n) is 1.58. The molecule has 0 bridgehead atoms. The van der Waals surface area contributed by atoms with Crippen molar-refractivity contribution in [3.05, 3.63) is 63.1 Å². The summed E-state index contributed by atoms with van der Waals surface area (Å²) in [7, 11) is 0. The SMILES string of the molecule is O=C(COC(=O)c1ccc(Cl)cc1)Nc1ccc(Cl)cc1Cl. The van der Waals surface area contributed by atoms with Crippen LogP contribution in [0.2, 0.25) is 15.1 Å². The first kappa shape index (κ1) is 16.6. The van der Waals surface area contributed by atoms with Crippen molar-refractivity contribution in [1.29, 1.82) is 0 Å². The van der Waals surface area contributed by atoms with Crippen molar-refractivity contribution in [2.75, 3.05) is 11.9 Å². The number of carbonyl (C=O) groups excluding carboxylic acids is 2. The van der Waals surface area contributed by atoms with Crippen molar-refractivity contribution >= 4 is 52.4 Å². The number of anilines is 1. The van der Waals surface area contributed by atoms with Crippen LogP contribution in [0, 0.1) is 0 Å².